The van der Waals surface area contributed by atoms with Crippen LogP contribution in [0.2, 0.25) is 0 Å². The van der Waals surface area contributed by atoms with E-state index in [1.807, 2.05) is 37.7 Å². The fourth-order valence-electron chi connectivity index (χ4n) is 2.78. The number of ketones is 1. The third kappa shape index (κ3) is 5.74. The van der Waals surface area contributed by atoms with E-state index < -0.39 is 0 Å². The van der Waals surface area contributed by atoms with Crippen LogP contribution in [-0.2, 0) is 0 Å². The number of hydrogen-bond donors (Lipinski definition) is 0. The van der Waals surface area contributed by atoms with Crippen molar-refractivity contribution in [3.8, 4) is 0 Å². The molecule has 0 N–H and O–H groups in total. The summed E-state index contributed by atoms with van der Waals surface area (Å²) < 4.78 is 0. The van der Waals surface area contributed by atoms with E-state index in [1.54, 1.807) is 0 Å². The van der Waals surface area contributed by atoms with Gasteiger partial charge < -0.3 is 0 Å². The summed E-state index contributed by atoms with van der Waals surface area (Å²) in [5, 5.41) is 0. The van der Waals surface area contributed by atoms with E-state index in [-0.39, 0.29) is 11.7 Å². The molecule has 2 aromatic rings. The van der Waals surface area contributed by atoms with Crippen molar-refractivity contribution in [2.45, 2.75) is 57.8 Å². The Balaban J connectivity index is 1.85. The maximum Gasteiger partial charge on any atom is 0.165 e. The minimum atomic E-state index is 0.0572. The molecule has 0 saturated heterocycles. The number of Topliss-reactive ketones (excluding diaryl/α,β-unsaturated/α-hetero) is 1. The lowest BCUT2D eigenvalue weighted by Gasteiger charge is -2.13. The van der Waals surface area contributed by atoms with Crippen molar-refractivity contribution < 1.29 is 4.79 Å². The van der Waals surface area contributed by atoms with Gasteiger partial charge in [0.05, 0.1) is 0 Å². The molecule has 0 fully saturated rings. The molecule has 0 aliphatic rings. The largest absolute Gasteiger partial charge is 0.294 e. The molecule has 25 heavy (non-hydrogen) atoms. The molecule has 1 nitrogen and oxygen atoms in total. The van der Waals surface area contributed by atoms with Gasteiger partial charge in [-0.05, 0) is 47.3 Å². The van der Waals surface area contributed by atoms with Gasteiger partial charge in [-0.3, -0.25) is 4.79 Å². The van der Waals surface area contributed by atoms with Gasteiger partial charge in [-0.2, -0.15) is 0 Å². The van der Waals surface area contributed by atoms with Gasteiger partial charge >= 0.3 is 0 Å². The van der Waals surface area contributed by atoms with Crippen LogP contribution in [0.4, 0.5) is 0 Å². The Morgan fingerprint density at radius 2 is 1.40 bits per heavy atom. The number of benzene rings is 2. The lowest BCUT2D eigenvalue weighted by atomic mass is 9.95. The zero-order valence-electron chi connectivity index (χ0n) is 16.1. The Morgan fingerprint density at radius 1 is 0.840 bits per heavy atom. The summed E-state index contributed by atoms with van der Waals surface area (Å²) in [5.41, 5.74) is 3.54. The molecular formula is C23H30OS. The minimum Gasteiger partial charge on any atom is -0.294 e. The topological polar surface area (TPSA) is 17.1 Å². The van der Waals surface area contributed by atoms with Crippen LogP contribution < -0.4 is 0 Å². The first-order chi connectivity index (χ1) is 11.9. The summed E-state index contributed by atoms with van der Waals surface area (Å²) in [6, 6.07) is 17.1. The highest BCUT2D eigenvalue weighted by molar-refractivity contribution is 7.99. The SMILES string of the molecule is CC(C)C(=O)c1ccc(C(C)CCSc2ccc(C(C)C)cc2)cc1. The molecule has 0 bridgehead atoms. The van der Waals surface area contributed by atoms with E-state index in [0.29, 0.717) is 11.8 Å². The van der Waals surface area contributed by atoms with Crippen molar-refractivity contribution in [2.24, 2.45) is 5.92 Å². The van der Waals surface area contributed by atoms with Gasteiger partial charge in [0.2, 0.25) is 0 Å². The Morgan fingerprint density at radius 3 is 1.92 bits per heavy atom. The quantitative estimate of drug-likeness (QED) is 0.377. The molecule has 1 unspecified atom stereocenters. The van der Waals surface area contributed by atoms with Crippen molar-refractivity contribution in [3.63, 3.8) is 0 Å². The number of rotatable bonds is 8. The minimum absolute atomic E-state index is 0.0572. The first-order valence-electron chi connectivity index (χ1n) is 9.25. The lowest BCUT2D eigenvalue weighted by Crippen LogP contribution is -2.07. The molecule has 134 valence electrons. The molecule has 0 aliphatic carbocycles. The van der Waals surface area contributed by atoms with E-state index in [9.17, 15) is 4.79 Å². The van der Waals surface area contributed by atoms with Crippen LogP contribution in [0.3, 0.4) is 0 Å². The predicted molar refractivity (Wildman–Crippen MR) is 110 cm³/mol. The third-order valence-electron chi connectivity index (χ3n) is 4.65. The normalized spacial score (nSPS) is 12.6. The Hall–Kier alpha value is -1.54. The van der Waals surface area contributed by atoms with Gasteiger partial charge in [0.1, 0.15) is 0 Å². The first kappa shape index (κ1) is 19.8. The fraction of sp³-hybridized carbons (Fsp3) is 0.435. The number of hydrogen-bond acceptors (Lipinski definition) is 2. The highest BCUT2D eigenvalue weighted by Gasteiger charge is 2.11. The average Bonchev–Trinajstić information content (AvgIpc) is 2.61. The zero-order chi connectivity index (χ0) is 18.4. The molecule has 0 radical (unpaired) electrons. The van der Waals surface area contributed by atoms with Crippen molar-refractivity contribution in [2.75, 3.05) is 5.75 Å². The number of thioether (sulfide) groups is 1. The molecule has 2 rings (SSSR count). The van der Waals surface area contributed by atoms with Crippen LogP contribution in [0.15, 0.2) is 53.4 Å². The van der Waals surface area contributed by atoms with Crippen molar-refractivity contribution in [1.82, 2.24) is 0 Å². The molecule has 0 heterocycles. The van der Waals surface area contributed by atoms with Gasteiger partial charge in [0.25, 0.3) is 0 Å². The van der Waals surface area contributed by atoms with E-state index in [1.165, 1.54) is 16.0 Å². The van der Waals surface area contributed by atoms with Crippen LogP contribution >= 0.6 is 11.8 Å². The van der Waals surface area contributed by atoms with Crippen molar-refractivity contribution in [1.29, 1.82) is 0 Å². The smallest absolute Gasteiger partial charge is 0.165 e. The summed E-state index contributed by atoms with van der Waals surface area (Å²) in [6.45, 7) is 10.6. The number of carbonyl (C=O) groups excluding carboxylic acids is 1. The standard InChI is InChI=1S/C23H30OS/c1-16(2)19-10-12-22(13-11-19)25-15-14-18(5)20-6-8-21(9-7-20)23(24)17(3)4/h6-13,16-18H,14-15H2,1-5H3. The maximum atomic E-state index is 12.0. The van der Waals surface area contributed by atoms with Crippen LogP contribution in [0.5, 0.6) is 0 Å². The summed E-state index contributed by atoms with van der Waals surface area (Å²) >= 11 is 1.92. The highest BCUT2D eigenvalue weighted by Crippen LogP contribution is 2.27. The predicted octanol–water partition coefficient (Wildman–Crippen LogP) is 6.93. The van der Waals surface area contributed by atoms with Gasteiger partial charge in [-0.15, -0.1) is 11.8 Å². The van der Waals surface area contributed by atoms with Gasteiger partial charge in [-0.25, -0.2) is 0 Å². The third-order valence-corrected chi connectivity index (χ3v) is 5.70. The van der Waals surface area contributed by atoms with Gasteiger partial charge in [0.15, 0.2) is 5.78 Å². The molecule has 0 aromatic heterocycles. The molecule has 0 aliphatic heterocycles. The second kappa shape index (κ2) is 9.24. The summed E-state index contributed by atoms with van der Waals surface area (Å²) in [4.78, 5) is 13.4. The molecule has 2 heteroatoms. The average molecular weight is 355 g/mol. The molecule has 2 aromatic carbocycles. The monoisotopic (exact) mass is 354 g/mol. The molecule has 0 saturated carbocycles. The molecular weight excluding hydrogens is 324 g/mol. The summed E-state index contributed by atoms with van der Waals surface area (Å²) in [5.74, 6) is 2.48. The Bertz CT molecular complexity index is 668. The van der Waals surface area contributed by atoms with Crippen LogP contribution in [0.1, 0.15) is 74.4 Å². The maximum absolute atomic E-state index is 12.0. The Labute approximate surface area is 157 Å². The van der Waals surface area contributed by atoms with E-state index in [2.05, 4.69) is 57.2 Å². The second-order valence-corrected chi connectivity index (χ2v) is 8.57. The van der Waals surface area contributed by atoms with Crippen molar-refractivity contribution in [3.05, 3.63) is 65.2 Å². The highest BCUT2D eigenvalue weighted by atomic mass is 32.2. The fourth-order valence-corrected chi connectivity index (χ4v) is 3.81. The molecule has 0 spiro atoms. The lowest BCUT2D eigenvalue weighted by molar-refractivity contribution is 0.0939. The van der Waals surface area contributed by atoms with Crippen LogP contribution in [0.25, 0.3) is 0 Å². The Kier molecular flexibility index (Phi) is 7.31. The van der Waals surface area contributed by atoms with Crippen molar-refractivity contribution >= 4 is 17.5 Å². The molecule has 0 amide bonds. The van der Waals surface area contributed by atoms with Gasteiger partial charge in [-0.1, -0.05) is 71.0 Å². The van der Waals surface area contributed by atoms with Gasteiger partial charge in [0, 0.05) is 16.4 Å². The second-order valence-electron chi connectivity index (χ2n) is 7.40. The zero-order valence-corrected chi connectivity index (χ0v) is 16.9. The molecule has 1 atom stereocenters. The summed E-state index contributed by atoms with van der Waals surface area (Å²) in [7, 11) is 0. The number of carbonyl (C=O) groups is 1. The van der Waals surface area contributed by atoms with E-state index in [4.69, 9.17) is 0 Å². The first-order valence-corrected chi connectivity index (χ1v) is 10.2. The van der Waals surface area contributed by atoms with Crippen LogP contribution in [-0.4, -0.2) is 11.5 Å². The van der Waals surface area contributed by atoms with E-state index >= 15 is 0 Å². The van der Waals surface area contributed by atoms with Crippen LogP contribution in [0, 0.1) is 5.92 Å². The van der Waals surface area contributed by atoms with E-state index in [0.717, 1.165) is 17.7 Å². The summed E-state index contributed by atoms with van der Waals surface area (Å²) in [6.07, 6.45) is 1.13.